The van der Waals surface area contributed by atoms with Crippen LogP contribution in [0.1, 0.15) is 25.5 Å². The number of aromatic nitrogens is 1. The number of pyridine rings is 1. The first-order valence-corrected chi connectivity index (χ1v) is 5.56. The van der Waals surface area contributed by atoms with Crippen molar-refractivity contribution in [2.75, 3.05) is 26.7 Å². The lowest BCUT2D eigenvalue weighted by Gasteiger charge is -2.17. The first kappa shape index (κ1) is 12.1. The smallest absolute Gasteiger partial charge is 0.0315 e. The molecule has 0 saturated carbocycles. The first-order chi connectivity index (χ1) is 7.24. The van der Waals surface area contributed by atoms with E-state index in [4.69, 9.17) is 0 Å². The lowest BCUT2D eigenvalue weighted by atomic mass is 10.1. The van der Waals surface area contributed by atoms with Crippen LogP contribution in [0.4, 0.5) is 0 Å². The molecule has 0 saturated heterocycles. The fraction of sp³-hybridized carbons (Fsp3) is 0.583. The molecule has 0 aliphatic heterocycles. The van der Waals surface area contributed by atoms with Crippen molar-refractivity contribution in [2.45, 2.75) is 19.9 Å². The van der Waals surface area contributed by atoms with E-state index in [-0.39, 0.29) is 0 Å². The van der Waals surface area contributed by atoms with Gasteiger partial charge in [-0.15, -0.1) is 0 Å². The van der Waals surface area contributed by atoms with Crippen molar-refractivity contribution in [3.8, 4) is 0 Å². The highest BCUT2D eigenvalue weighted by molar-refractivity contribution is 5.12. The number of hydrogen-bond acceptors (Lipinski definition) is 3. The van der Waals surface area contributed by atoms with E-state index < -0.39 is 0 Å². The Morgan fingerprint density at radius 1 is 1.53 bits per heavy atom. The Morgan fingerprint density at radius 3 is 2.93 bits per heavy atom. The van der Waals surface area contributed by atoms with Gasteiger partial charge in [-0.25, -0.2) is 0 Å². The van der Waals surface area contributed by atoms with Gasteiger partial charge in [0.1, 0.15) is 0 Å². The van der Waals surface area contributed by atoms with Crippen LogP contribution in [0, 0.1) is 0 Å². The zero-order valence-electron chi connectivity index (χ0n) is 9.90. The fourth-order valence-corrected chi connectivity index (χ4v) is 1.38. The predicted octanol–water partition coefficient (Wildman–Crippen LogP) is 1.68. The molecule has 3 heteroatoms. The number of likely N-dealkylation sites (N-methyl/N-ethyl adjacent to an activating group) is 1. The van der Waals surface area contributed by atoms with Gasteiger partial charge in [-0.1, -0.05) is 13.0 Å². The molecule has 1 rings (SSSR count). The van der Waals surface area contributed by atoms with Crippen LogP contribution in [0.25, 0.3) is 0 Å². The number of rotatable bonds is 6. The highest BCUT2D eigenvalue weighted by Crippen LogP contribution is 2.08. The normalized spacial score (nSPS) is 13.1. The van der Waals surface area contributed by atoms with Crippen LogP contribution in [0.2, 0.25) is 0 Å². The number of hydrogen-bond donors (Lipinski definition) is 1. The summed E-state index contributed by atoms with van der Waals surface area (Å²) in [6.45, 7) is 7.54. The molecule has 0 radical (unpaired) electrons. The van der Waals surface area contributed by atoms with Crippen LogP contribution in [-0.2, 0) is 0 Å². The van der Waals surface area contributed by atoms with Crippen LogP contribution in [0.15, 0.2) is 24.5 Å². The van der Waals surface area contributed by atoms with Gasteiger partial charge < -0.3 is 10.2 Å². The van der Waals surface area contributed by atoms with Crippen molar-refractivity contribution < 1.29 is 0 Å². The Balaban J connectivity index is 2.28. The van der Waals surface area contributed by atoms with Gasteiger partial charge in [-0.2, -0.15) is 0 Å². The third kappa shape index (κ3) is 4.40. The third-order valence-electron chi connectivity index (χ3n) is 2.67. The van der Waals surface area contributed by atoms with Crippen molar-refractivity contribution >= 4 is 0 Å². The Hall–Kier alpha value is -0.930. The van der Waals surface area contributed by atoms with E-state index in [0.29, 0.717) is 6.04 Å². The summed E-state index contributed by atoms with van der Waals surface area (Å²) in [5.41, 5.74) is 1.25. The summed E-state index contributed by atoms with van der Waals surface area (Å²) in [5.74, 6) is 0. The van der Waals surface area contributed by atoms with Crippen molar-refractivity contribution in [3.05, 3.63) is 30.1 Å². The fourth-order valence-electron chi connectivity index (χ4n) is 1.38. The van der Waals surface area contributed by atoms with Gasteiger partial charge in [0.15, 0.2) is 0 Å². The van der Waals surface area contributed by atoms with E-state index in [0.717, 1.165) is 19.6 Å². The van der Waals surface area contributed by atoms with Crippen LogP contribution in [0.3, 0.4) is 0 Å². The Bertz CT molecular complexity index is 261. The van der Waals surface area contributed by atoms with E-state index in [1.165, 1.54) is 5.56 Å². The standard InChI is InChI=1S/C12H21N3/c1-4-15(3)9-8-14-11(2)12-6-5-7-13-10-12/h5-7,10-11,14H,4,8-9H2,1-3H3. The SMILES string of the molecule is CCN(C)CCNC(C)c1cccnc1. The molecule has 1 N–H and O–H groups in total. The average molecular weight is 207 g/mol. The molecule has 1 atom stereocenters. The summed E-state index contributed by atoms with van der Waals surface area (Å²) in [7, 11) is 2.14. The average Bonchev–Trinajstić information content (AvgIpc) is 2.29. The lowest BCUT2D eigenvalue weighted by molar-refractivity contribution is 0.342. The lowest BCUT2D eigenvalue weighted by Crippen LogP contribution is -2.30. The highest BCUT2D eigenvalue weighted by Gasteiger charge is 2.03. The Kier molecular flexibility index (Phi) is 5.29. The Labute approximate surface area is 92.5 Å². The molecule has 1 heterocycles. The second kappa shape index (κ2) is 6.53. The maximum Gasteiger partial charge on any atom is 0.0315 e. The molecule has 0 spiro atoms. The van der Waals surface area contributed by atoms with Gasteiger partial charge >= 0.3 is 0 Å². The van der Waals surface area contributed by atoms with Crippen molar-refractivity contribution in [3.63, 3.8) is 0 Å². The van der Waals surface area contributed by atoms with Gasteiger partial charge in [-0.3, -0.25) is 4.98 Å². The summed E-state index contributed by atoms with van der Waals surface area (Å²) in [4.78, 5) is 6.41. The summed E-state index contributed by atoms with van der Waals surface area (Å²) in [6.07, 6.45) is 3.72. The summed E-state index contributed by atoms with van der Waals surface area (Å²) < 4.78 is 0. The topological polar surface area (TPSA) is 28.2 Å². The Morgan fingerprint density at radius 2 is 2.33 bits per heavy atom. The van der Waals surface area contributed by atoms with Gasteiger partial charge in [0.25, 0.3) is 0 Å². The molecule has 1 unspecified atom stereocenters. The van der Waals surface area contributed by atoms with Crippen LogP contribution >= 0.6 is 0 Å². The minimum Gasteiger partial charge on any atom is -0.309 e. The molecule has 0 bridgehead atoms. The molecule has 3 nitrogen and oxygen atoms in total. The number of nitrogens with zero attached hydrogens (tertiary/aromatic N) is 2. The maximum absolute atomic E-state index is 4.11. The summed E-state index contributed by atoms with van der Waals surface area (Å²) >= 11 is 0. The molecule has 84 valence electrons. The van der Waals surface area contributed by atoms with E-state index in [1.807, 2.05) is 12.3 Å². The van der Waals surface area contributed by atoms with Gasteiger partial charge in [0, 0.05) is 31.5 Å². The maximum atomic E-state index is 4.11. The first-order valence-electron chi connectivity index (χ1n) is 5.56. The van der Waals surface area contributed by atoms with Crippen LogP contribution in [0.5, 0.6) is 0 Å². The minimum absolute atomic E-state index is 0.379. The van der Waals surface area contributed by atoms with Gasteiger partial charge in [0.05, 0.1) is 0 Å². The van der Waals surface area contributed by atoms with E-state index >= 15 is 0 Å². The minimum atomic E-state index is 0.379. The van der Waals surface area contributed by atoms with E-state index in [9.17, 15) is 0 Å². The number of nitrogens with one attached hydrogen (secondary N) is 1. The van der Waals surface area contributed by atoms with Crippen molar-refractivity contribution in [1.29, 1.82) is 0 Å². The van der Waals surface area contributed by atoms with E-state index in [1.54, 1.807) is 6.20 Å². The quantitative estimate of drug-likeness (QED) is 0.769. The third-order valence-corrected chi connectivity index (χ3v) is 2.67. The second-order valence-electron chi connectivity index (χ2n) is 3.86. The van der Waals surface area contributed by atoms with E-state index in [2.05, 4.69) is 42.2 Å². The molecular weight excluding hydrogens is 186 g/mol. The predicted molar refractivity (Wildman–Crippen MR) is 63.8 cm³/mol. The second-order valence-corrected chi connectivity index (χ2v) is 3.86. The zero-order valence-corrected chi connectivity index (χ0v) is 9.90. The molecule has 0 amide bonds. The molecule has 1 aromatic heterocycles. The monoisotopic (exact) mass is 207 g/mol. The molecular formula is C12H21N3. The largest absolute Gasteiger partial charge is 0.309 e. The highest BCUT2D eigenvalue weighted by atomic mass is 15.1. The zero-order chi connectivity index (χ0) is 11.1. The molecule has 0 fully saturated rings. The molecule has 0 aliphatic carbocycles. The van der Waals surface area contributed by atoms with Crippen LogP contribution in [-0.4, -0.2) is 36.6 Å². The molecule has 1 aromatic rings. The summed E-state index contributed by atoms with van der Waals surface area (Å²) in [6, 6.07) is 4.46. The van der Waals surface area contributed by atoms with Crippen molar-refractivity contribution in [1.82, 2.24) is 15.2 Å². The van der Waals surface area contributed by atoms with Gasteiger partial charge in [-0.05, 0) is 32.1 Å². The molecule has 15 heavy (non-hydrogen) atoms. The van der Waals surface area contributed by atoms with Crippen LogP contribution < -0.4 is 5.32 Å². The summed E-state index contributed by atoms with van der Waals surface area (Å²) in [5, 5.41) is 3.48. The molecule has 0 aromatic carbocycles. The van der Waals surface area contributed by atoms with Crippen molar-refractivity contribution in [2.24, 2.45) is 0 Å². The molecule has 0 aliphatic rings. The van der Waals surface area contributed by atoms with Gasteiger partial charge in [0.2, 0.25) is 0 Å².